The van der Waals surface area contributed by atoms with E-state index in [0.29, 0.717) is 11.9 Å². The minimum absolute atomic E-state index is 0.103. The van der Waals surface area contributed by atoms with E-state index in [2.05, 4.69) is 39.6 Å². The molecule has 0 unspecified atom stereocenters. The van der Waals surface area contributed by atoms with Gasteiger partial charge in [-0.1, -0.05) is 18.9 Å². The zero-order valence-electron chi connectivity index (χ0n) is 15.5. The van der Waals surface area contributed by atoms with Crippen molar-refractivity contribution in [3.05, 3.63) is 24.3 Å². The highest BCUT2D eigenvalue weighted by Crippen LogP contribution is 2.30. The van der Waals surface area contributed by atoms with Gasteiger partial charge in [0, 0.05) is 23.7 Å². The molecule has 1 amide bonds. The number of nitrogens with zero attached hydrogens (tertiary/aromatic N) is 3. The van der Waals surface area contributed by atoms with Gasteiger partial charge in [0.05, 0.1) is 0 Å². The summed E-state index contributed by atoms with van der Waals surface area (Å²) in [5.41, 5.74) is 1.62. The van der Waals surface area contributed by atoms with Crippen LogP contribution in [0.5, 0.6) is 0 Å². The number of nitrogens with one attached hydrogen (secondary N) is 2. The van der Waals surface area contributed by atoms with Gasteiger partial charge in [0.2, 0.25) is 11.8 Å². The van der Waals surface area contributed by atoms with E-state index in [1.54, 1.807) is 0 Å². The van der Waals surface area contributed by atoms with Crippen LogP contribution in [0.2, 0.25) is 0 Å². The first kappa shape index (κ1) is 18.4. The fourth-order valence-electron chi connectivity index (χ4n) is 2.74. The Morgan fingerprint density at radius 1 is 1.19 bits per heavy atom. The maximum Gasteiger partial charge on any atom is 0.315 e. The predicted molar refractivity (Wildman–Crippen MR) is 102 cm³/mol. The fraction of sp³-hybridized carbons (Fsp3) is 0.526. The molecule has 0 bridgehead atoms. The van der Waals surface area contributed by atoms with Gasteiger partial charge in [-0.3, -0.25) is 4.79 Å². The van der Waals surface area contributed by atoms with Crippen LogP contribution in [0.15, 0.2) is 28.7 Å². The van der Waals surface area contributed by atoms with E-state index in [1.807, 2.05) is 24.3 Å². The zero-order chi connectivity index (χ0) is 18.4. The predicted octanol–water partition coefficient (Wildman–Crippen LogP) is 3.23. The summed E-state index contributed by atoms with van der Waals surface area (Å²) in [5, 5.41) is 14.2. The minimum atomic E-state index is 0.103. The van der Waals surface area contributed by atoms with Gasteiger partial charge in [-0.2, -0.15) is 0 Å². The topological polar surface area (TPSA) is 83.3 Å². The molecule has 26 heavy (non-hydrogen) atoms. The summed E-state index contributed by atoms with van der Waals surface area (Å²) in [6.45, 7) is 8.32. The molecule has 1 aliphatic carbocycles. The second-order valence-corrected chi connectivity index (χ2v) is 6.56. The normalized spacial score (nSPS) is 13.8. The van der Waals surface area contributed by atoms with Crippen molar-refractivity contribution in [2.45, 2.75) is 33.1 Å². The van der Waals surface area contributed by atoms with E-state index >= 15 is 0 Å². The molecule has 1 heterocycles. The van der Waals surface area contributed by atoms with Crippen LogP contribution in [0.4, 0.5) is 11.7 Å². The van der Waals surface area contributed by atoms with Crippen LogP contribution in [-0.2, 0) is 4.79 Å². The van der Waals surface area contributed by atoms with Crippen LogP contribution >= 0.6 is 0 Å². The Hall–Kier alpha value is -2.41. The molecule has 0 spiro atoms. The van der Waals surface area contributed by atoms with Crippen LogP contribution in [0.1, 0.15) is 33.1 Å². The SMILES string of the molecule is CCN(CC)CCCNc1nnc(-c2ccc(NC(=O)C3CC3)cc2)o1. The summed E-state index contributed by atoms with van der Waals surface area (Å²) < 4.78 is 5.66. The van der Waals surface area contributed by atoms with Crippen molar-refractivity contribution in [3.8, 4) is 11.5 Å². The molecule has 0 saturated heterocycles. The average molecular weight is 357 g/mol. The number of amides is 1. The summed E-state index contributed by atoms with van der Waals surface area (Å²) in [5.74, 6) is 0.768. The second-order valence-electron chi connectivity index (χ2n) is 6.56. The maximum absolute atomic E-state index is 11.8. The molecule has 7 heteroatoms. The lowest BCUT2D eigenvalue weighted by Crippen LogP contribution is -2.25. The molecule has 3 rings (SSSR count). The number of anilines is 2. The van der Waals surface area contributed by atoms with Gasteiger partial charge >= 0.3 is 6.01 Å². The van der Waals surface area contributed by atoms with Gasteiger partial charge in [0.25, 0.3) is 0 Å². The number of carbonyl (C=O) groups excluding carboxylic acids is 1. The smallest absolute Gasteiger partial charge is 0.315 e. The van der Waals surface area contributed by atoms with E-state index in [4.69, 9.17) is 4.42 Å². The molecule has 1 aromatic heterocycles. The lowest BCUT2D eigenvalue weighted by Gasteiger charge is -2.17. The van der Waals surface area contributed by atoms with Crippen molar-refractivity contribution in [2.75, 3.05) is 36.8 Å². The molecule has 2 N–H and O–H groups in total. The molecule has 1 fully saturated rings. The van der Waals surface area contributed by atoms with Gasteiger partial charge in [0.15, 0.2) is 0 Å². The fourth-order valence-corrected chi connectivity index (χ4v) is 2.74. The summed E-state index contributed by atoms with van der Waals surface area (Å²) in [4.78, 5) is 14.2. The van der Waals surface area contributed by atoms with Crippen LogP contribution in [0.3, 0.4) is 0 Å². The van der Waals surface area contributed by atoms with Crippen molar-refractivity contribution in [3.63, 3.8) is 0 Å². The standard InChI is InChI=1S/C19H27N5O2/c1-3-24(4-2)13-5-12-20-19-23-22-18(26-19)15-8-10-16(11-9-15)21-17(25)14-6-7-14/h8-11,14H,3-7,12-13H2,1-2H3,(H,20,23)(H,21,25). The van der Waals surface area contributed by atoms with Crippen molar-refractivity contribution < 1.29 is 9.21 Å². The van der Waals surface area contributed by atoms with E-state index in [0.717, 1.165) is 56.7 Å². The van der Waals surface area contributed by atoms with E-state index in [-0.39, 0.29) is 11.8 Å². The number of hydrogen-bond donors (Lipinski definition) is 2. The third kappa shape index (κ3) is 5.05. The number of aromatic nitrogens is 2. The zero-order valence-corrected chi connectivity index (χ0v) is 15.5. The van der Waals surface area contributed by atoms with Crippen molar-refractivity contribution in [2.24, 2.45) is 5.92 Å². The lowest BCUT2D eigenvalue weighted by atomic mass is 10.2. The molecular weight excluding hydrogens is 330 g/mol. The van der Waals surface area contributed by atoms with Crippen LogP contribution in [0.25, 0.3) is 11.5 Å². The van der Waals surface area contributed by atoms with Gasteiger partial charge in [-0.25, -0.2) is 0 Å². The Bertz CT molecular complexity index is 705. The first-order valence-corrected chi connectivity index (χ1v) is 9.40. The highest BCUT2D eigenvalue weighted by molar-refractivity contribution is 5.94. The molecule has 0 radical (unpaired) electrons. The summed E-state index contributed by atoms with van der Waals surface area (Å²) in [6, 6.07) is 7.90. The number of carbonyl (C=O) groups is 1. The first-order chi connectivity index (χ1) is 12.7. The Labute approximate surface area is 154 Å². The number of benzene rings is 1. The number of rotatable bonds is 10. The molecule has 2 aromatic rings. The lowest BCUT2D eigenvalue weighted by molar-refractivity contribution is -0.117. The van der Waals surface area contributed by atoms with E-state index in [9.17, 15) is 4.79 Å². The van der Waals surface area contributed by atoms with Crippen molar-refractivity contribution >= 4 is 17.6 Å². The molecule has 1 aromatic carbocycles. The van der Waals surface area contributed by atoms with Crippen molar-refractivity contribution in [1.82, 2.24) is 15.1 Å². The van der Waals surface area contributed by atoms with Gasteiger partial charge in [-0.15, -0.1) is 5.10 Å². The van der Waals surface area contributed by atoms with Crippen molar-refractivity contribution in [1.29, 1.82) is 0 Å². The molecular formula is C19H27N5O2. The van der Waals surface area contributed by atoms with Gasteiger partial charge < -0.3 is 20.0 Å². The Balaban J connectivity index is 1.48. The van der Waals surface area contributed by atoms with E-state index in [1.165, 1.54) is 0 Å². The first-order valence-electron chi connectivity index (χ1n) is 9.40. The van der Waals surface area contributed by atoms with Crippen LogP contribution < -0.4 is 10.6 Å². The summed E-state index contributed by atoms with van der Waals surface area (Å²) in [7, 11) is 0. The highest BCUT2D eigenvalue weighted by Gasteiger charge is 2.29. The van der Waals surface area contributed by atoms with E-state index < -0.39 is 0 Å². The molecule has 7 nitrogen and oxygen atoms in total. The maximum atomic E-state index is 11.8. The third-order valence-electron chi connectivity index (χ3n) is 4.59. The third-order valence-corrected chi connectivity index (χ3v) is 4.59. The Morgan fingerprint density at radius 3 is 2.58 bits per heavy atom. The monoisotopic (exact) mass is 357 g/mol. The van der Waals surface area contributed by atoms with Crippen LogP contribution in [-0.4, -0.2) is 47.2 Å². The molecule has 1 aliphatic rings. The minimum Gasteiger partial charge on any atom is -0.403 e. The Kier molecular flexibility index (Phi) is 6.22. The summed E-state index contributed by atoms with van der Waals surface area (Å²) >= 11 is 0. The molecule has 0 aliphatic heterocycles. The molecule has 1 saturated carbocycles. The highest BCUT2D eigenvalue weighted by atomic mass is 16.4. The average Bonchev–Trinajstić information content (AvgIpc) is 3.42. The van der Waals surface area contributed by atoms with Gasteiger partial charge in [0.1, 0.15) is 0 Å². The second kappa shape index (κ2) is 8.80. The molecule has 140 valence electrons. The quantitative estimate of drug-likeness (QED) is 0.635. The summed E-state index contributed by atoms with van der Waals surface area (Å²) in [6.07, 6.45) is 3.02. The van der Waals surface area contributed by atoms with Gasteiger partial charge in [-0.05, 0) is 63.2 Å². The largest absolute Gasteiger partial charge is 0.403 e. The molecule has 0 atom stereocenters. The Morgan fingerprint density at radius 2 is 1.92 bits per heavy atom. The number of hydrogen-bond acceptors (Lipinski definition) is 6. The van der Waals surface area contributed by atoms with Crippen LogP contribution in [0, 0.1) is 5.92 Å².